The maximum Gasteiger partial charge on any atom is 0.331 e. The monoisotopic (exact) mass is 1040 g/mol. The normalized spacial score (nSPS) is 39.0. The van der Waals surface area contributed by atoms with Crippen molar-refractivity contribution in [1.29, 1.82) is 5.26 Å². The van der Waals surface area contributed by atoms with Crippen LogP contribution in [-0.2, 0) is 43.2 Å². The van der Waals surface area contributed by atoms with Gasteiger partial charge in [0.1, 0.15) is 30.0 Å². The number of likely N-dealkylation sites (N-methyl/N-ethyl adjacent to an activating group) is 1. The van der Waals surface area contributed by atoms with Crippen molar-refractivity contribution in [2.45, 2.75) is 210 Å². The van der Waals surface area contributed by atoms with E-state index >= 15 is 0 Å². The first-order chi connectivity index (χ1) is 33.5. The number of cyclic esters (lactones) is 1. The SMILES string of the molecule is CC[C@H]1OC(=O)[C@@H](C)[C@@H](OC2C[C@](C)(OC)[C@H](O)[C@@H](C)O2)[C@@H](C)[C@@H](O[C@H]2O[C@@H](C)C[C@H](N(C)C)[C@@H]2O)[C@](C)(O)C[C@@H](C)CN(CCCN(CCC#N)C(=O)NS(=O)(=O)c2ccccc2C)[C@H](C)[C@@H](O)[C@]1(C)O. The maximum atomic E-state index is 14.6. The molecule has 1 aromatic rings. The van der Waals surface area contributed by atoms with E-state index in [1.54, 1.807) is 73.6 Å². The summed E-state index contributed by atoms with van der Waals surface area (Å²) in [4.78, 5) is 33.2. The first-order valence-corrected chi connectivity index (χ1v) is 27.0. The Bertz CT molecular complexity index is 2080. The van der Waals surface area contributed by atoms with Gasteiger partial charge >= 0.3 is 12.0 Å². The number of rotatable bonds is 15. The number of carbonyl (C=O) groups excluding carboxylic acids is 2. The molecule has 3 aliphatic heterocycles. The highest BCUT2D eigenvalue weighted by Crippen LogP contribution is 2.40. The van der Waals surface area contributed by atoms with Crippen molar-refractivity contribution >= 4 is 22.0 Å². The third-order valence-electron chi connectivity index (χ3n) is 15.3. The summed E-state index contributed by atoms with van der Waals surface area (Å²) in [6.07, 6.45) is -9.76. The third-order valence-corrected chi connectivity index (χ3v) is 16.8. The first kappa shape index (κ1) is 61.5. The standard InChI is InChI=1S/C51H87N5O15S/c1-15-39-51(11,63)43(58)35(7)56(25-19-24-55(23-18-22-52)48(61)53-72(64,65)38-21-17-16-20-31(38)3)29-30(2)27-49(9,62)45(71-47-41(57)37(54(12)13)26-32(4)67-47)33(5)42(34(6)46(60)69-39)70-40-28-50(10,66-14)44(59)36(8)68-40/h16-17,20-21,30,32-37,39-45,47,57-59,62-63H,15,18-19,23-29H2,1-14H3,(H,53,61)/t30-,32+,33-,34+,35-,36-,37+,39-,40?,41+,42+,43-,44-,45-,47-,49-,50+,51-/m1/s1. The van der Waals surface area contributed by atoms with Crippen LogP contribution in [0.3, 0.4) is 0 Å². The molecule has 0 aliphatic carbocycles. The Labute approximate surface area is 428 Å². The molecule has 3 heterocycles. The molecule has 20 nitrogen and oxygen atoms in total. The van der Waals surface area contributed by atoms with Crippen molar-refractivity contribution in [2.75, 3.05) is 47.4 Å². The van der Waals surface area contributed by atoms with E-state index in [-0.39, 0.29) is 75.3 Å². The molecule has 21 heteroatoms. The van der Waals surface area contributed by atoms with Crippen LogP contribution in [0.15, 0.2) is 29.2 Å². The third kappa shape index (κ3) is 14.9. The van der Waals surface area contributed by atoms with Gasteiger partial charge < -0.3 is 63.8 Å². The van der Waals surface area contributed by atoms with E-state index in [0.717, 1.165) is 0 Å². The van der Waals surface area contributed by atoms with Crippen molar-refractivity contribution in [3.8, 4) is 6.07 Å². The predicted molar refractivity (Wildman–Crippen MR) is 266 cm³/mol. The Morgan fingerprint density at radius 2 is 1.64 bits per heavy atom. The van der Waals surface area contributed by atoms with E-state index in [1.165, 1.54) is 25.0 Å². The number of nitriles is 1. The van der Waals surface area contributed by atoms with Gasteiger partial charge in [-0.2, -0.15) is 5.26 Å². The van der Waals surface area contributed by atoms with Gasteiger partial charge in [0.05, 0.1) is 58.9 Å². The molecule has 3 aliphatic rings. The van der Waals surface area contributed by atoms with Crippen molar-refractivity contribution in [3.05, 3.63) is 29.8 Å². The van der Waals surface area contributed by atoms with Gasteiger partial charge in [0.2, 0.25) is 0 Å². The number of benzene rings is 1. The fourth-order valence-electron chi connectivity index (χ4n) is 11.0. The Hall–Kier alpha value is -3.08. The molecule has 18 atom stereocenters. The number of hydrogen-bond acceptors (Lipinski definition) is 18. The summed E-state index contributed by atoms with van der Waals surface area (Å²) in [6, 6.07) is 6.14. The zero-order chi connectivity index (χ0) is 54.3. The molecule has 3 saturated heterocycles. The lowest BCUT2D eigenvalue weighted by molar-refractivity contribution is -0.318. The Kier molecular flexibility index (Phi) is 21.9. The van der Waals surface area contributed by atoms with Crippen LogP contribution in [0.2, 0.25) is 0 Å². The van der Waals surface area contributed by atoms with Gasteiger partial charge in [0.15, 0.2) is 12.6 Å². The van der Waals surface area contributed by atoms with Crippen molar-refractivity contribution in [2.24, 2.45) is 17.8 Å². The van der Waals surface area contributed by atoms with Crippen LogP contribution < -0.4 is 4.72 Å². The summed E-state index contributed by atoms with van der Waals surface area (Å²) in [5.74, 6) is -3.19. The zero-order valence-electron chi connectivity index (χ0n) is 45.1. The van der Waals surface area contributed by atoms with Gasteiger partial charge in [0, 0.05) is 57.7 Å². The number of esters is 1. The summed E-state index contributed by atoms with van der Waals surface area (Å²) < 4.78 is 66.8. The molecular formula is C51H87N5O15S. The lowest BCUT2D eigenvalue weighted by Crippen LogP contribution is -2.60. The number of carbonyl (C=O) groups is 2. The van der Waals surface area contributed by atoms with E-state index in [1.807, 2.05) is 43.8 Å². The Morgan fingerprint density at radius 3 is 2.24 bits per heavy atom. The Morgan fingerprint density at radius 1 is 0.986 bits per heavy atom. The van der Waals surface area contributed by atoms with Crippen molar-refractivity contribution in [3.63, 3.8) is 0 Å². The van der Waals surface area contributed by atoms with Crippen LogP contribution in [-0.4, -0.2) is 198 Å². The number of sulfonamides is 1. The van der Waals surface area contributed by atoms with Gasteiger partial charge in [-0.1, -0.05) is 39.0 Å². The van der Waals surface area contributed by atoms with Gasteiger partial charge in [0.25, 0.3) is 10.0 Å². The van der Waals surface area contributed by atoms with E-state index in [2.05, 4.69) is 4.72 Å². The first-order valence-electron chi connectivity index (χ1n) is 25.5. The topological polar surface area (TPSA) is 270 Å². The highest BCUT2D eigenvalue weighted by molar-refractivity contribution is 7.90. The number of aryl methyl sites for hydroxylation is 1. The van der Waals surface area contributed by atoms with Gasteiger partial charge in [-0.05, 0) is 113 Å². The van der Waals surface area contributed by atoms with Gasteiger partial charge in [-0.15, -0.1) is 0 Å². The lowest BCUT2D eigenvalue weighted by Gasteiger charge is -2.48. The molecular weight excluding hydrogens is 955 g/mol. The van der Waals surface area contributed by atoms with Crippen LogP contribution in [0.5, 0.6) is 0 Å². The molecule has 0 saturated carbocycles. The molecule has 1 unspecified atom stereocenters. The number of nitrogens with zero attached hydrogens (tertiary/aromatic N) is 4. The summed E-state index contributed by atoms with van der Waals surface area (Å²) in [5, 5.41) is 69.7. The largest absolute Gasteiger partial charge is 0.459 e. The molecule has 72 heavy (non-hydrogen) atoms. The molecule has 0 spiro atoms. The fourth-order valence-corrected chi connectivity index (χ4v) is 12.2. The molecule has 2 amide bonds. The molecule has 0 bridgehead atoms. The number of amides is 2. The fraction of sp³-hybridized carbons (Fsp3) is 0.824. The average molecular weight is 1040 g/mol. The van der Waals surface area contributed by atoms with Gasteiger partial charge in [-0.3, -0.25) is 9.69 Å². The molecule has 3 fully saturated rings. The summed E-state index contributed by atoms with van der Waals surface area (Å²) in [7, 11) is 0.906. The second-order valence-corrected chi connectivity index (χ2v) is 23.3. The number of hydrogen-bond donors (Lipinski definition) is 6. The van der Waals surface area contributed by atoms with E-state index in [0.29, 0.717) is 12.0 Å². The highest BCUT2D eigenvalue weighted by Gasteiger charge is 2.53. The summed E-state index contributed by atoms with van der Waals surface area (Å²) in [6.45, 7) is 18.9. The minimum absolute atomic E-state index is 0.00255. The number of urea groups is 1. The van der Waals surface area contributed by atoms with Crippen LogP contribution >= 0.6 is 0 Å². The van der Waals surface area contributed by atoms with Crippen molar-refractivity contribution < 1.29 is 72.0 Å². The predicted octanol–water partition coefficient (Wildman–Crippen LogP) is 3.28. The molecule has 412 valence electrons. The minimum Gasteiger partial charge on any atom is -0.459 e. The number of aliphatic hydroxyl groups excluding tert-OH is 3. The lowest BCUT2D eigenvalue weighted by atomic mass is 9.77. The van der Waals surface area contributed by atoms with E-state index in [4.69, 9.17) is 28.4 Å². The summed E-state index contributed by atoms with van der Waals surface area (Å²) in [5.41, 5.74) is -4.44. The molecule has 0 aromatic heterocycles. The minimum atomic E-state index is -4.27. The average Bonchev–Trinajstić information content (AvgIpc) is 3.30. The molecule has 6 N–H and O–H groups in total. The smallest absolute Gasteiger partial charge is 0.331 e. The van der Waals surface area contributed by atoms with Gasteiger partial charge in [-0.25, -0.2) is 17.9 Å². The number of nitrogens with one attached hydrogen (secondary N) is 1. The van der Waals surface area contributed by atoms with Crippen LogP contribution in [0.4, 0.5) is 4.79 Å². The number of ether oxygens (including phenoxy) is 6. The van der Waals surface area contributed by atoms with Crippen molar-refractivity contribution in [1.82, 2.24) is 19.4 Å². The van der Waals surface area contributed by atoms with Crippen LogP contribution in [0, 0.1) is 36.0 Å². The maximum absolute atomic E-state index is 14.6. The molecule has 1 aromatic carbocycles. The second kappa shape index (κ2) is 25.6. The molecule has 0 radical (unpaired) electrons. The summed E-state index contributed by atoms with van der Waals surface area (Å²) >= 11 is 0. The van der Waals surface area contributed by atoms with E-state index in [9.17, 15) is 48.8 Å². The number of methoxy groups -OCH3 is 1. The van der Waals surface area contributed by atoms with Crippen LogP contribution in [0.1, 0.15) is 113 Å². The van der Waals surface area contributed by atoms with Crippen LogP contribution in [0.25, 0.3) is 0 Å². The quantitative estimate of drug-likeness (QED) is 0.138. The number of aliphatic hydroxyl groups is 5. The zero-order valence-corrected chi connectivity index (χ0v) is 45.9. The van der Waals surface area contributed by atoms with E-state index < -0.39 is 118 Å². The second-order valence-electron chi connectivity index (χ2n) is 21.6. The molecule has 4 rings (SSSR count). The highest BCUT2D eigenvalue weighted by atomic mass is 32.2. The Balaban J connectivity index is 1.78.